The smallest absolute Gasteiger partial charge is 0.223 e. The number of aliphatic hydroxyl groups is 1. The summed E-state index contributed by atoms with van der Waals surface area (Å²) >= 11 is 0. The molecule has 1 aliphatic carbocycles. The molecular weight excluding hydrogens is 270 g/mol. The second kappa shape index (κ2) is 6.15. The number of amides is 1. The van der Waals surface area contributed by atoms with Gasteiger partial charge in [0, 0.05) is 44.5 Å². The summed E-state index contributed by atoms with van der Waals surface area (Å²) < 4.78 is 7.31. The Morgan fingerprint density at radius 3 is 2.95 bits per heavy atom. The van der Waals surface area contributed by atoms with Crippen LogP contribution in [0.3, 0.4) is 0 Å². The molecule has 6 heteroatoms. The fourth-order valence-electron chi connectivity index (χ4n) is 3.42. The molecule has 1 saturated carbocycles. The average Bonchev–Trinajstić information content (AvgIpc) is 3.09. The van der Waals surface area contributed by atoms with Crippen molar-refractivity contribution in [3.8, 4) is 0 Å². The molecule has 2 fully saturated rings. The van der Waals surface area contributed by atoms with Crippen LogP contribution >= 0.6 is 0 Å². The number of hydrogen-bond donors (Lipinski definition) is 2. The number of ether oxygens (including phenoxy) is 1. The molecule has 0 spiro atoms. The van der Waals surface area contributed by atoms with Gasteiger partial charge in [0.05, 0.1) is 24.4 Å². The third-order valence-corrected chi connectivity index (χ3v) is 4.65. The fraction of sp³-hybridized carbons (Fsp3) is 0.733. The van der Waals surface area contributed by atoms with Crippen LogP contribution in [-0.2, 0) is 9.53 Å². The Labute approximate surface area is 124 Å². The zero-order chi connectivity index (χ0) is 14.7. The molecule has 1 aliphatic heterocycles. The Morgan fingerprint density at radius 1 is 1.43 bits per heavy atom. The SMILES string of the molecule is O=C(CC1(O)CCOCC1)N[C@@H]1CCC[C@@H]1n1ccnc1. The predicted molar refractivity (Wildman–Crippen MR) is 76.7 cm³/mol. The van der Waals surface area contributed by atoms with Crippen LogP contribution in [0.25, 0.3) is 0 Å². The lowest BCUT2D eigenvalue weighted by Crippen LogP contribution is -2.45. The van der Waals surface area contributed by atoms with E-state index >= 15 is 0 Å². The number of imidazole rings is 1. The van der Waals surface area contributed by atoms with Gasteiger partial charge in [-0.3, -0.25) is 4.79 Å². The molecule has 2 atom stereocenters. The zero-order valence-corrected chi connectivity index (χ0v) is 12.2. The molecule has 0 bridgehead atoms. The molecular formula is C15H23N3O3. The summed E-state index contributed by atoms with van der Waals surface area (Å²) in [7, 11) is 0. The summed E-state index contributed by atoms with van der Waals surface area (Å²) in [4.78, 5) is 16.3. The van der Waals surface area contributed by atoms with Gasteiger partial charge in [0.15, 0.2) is 0 Å². The summed E-state index contributed by atoms with van der Waals surface area (Å²) in [6, 6.07) is 0.413. The molecule has 1 aromatic rings. The summed E-state index contributed by atoms with van der Waals surface area (Å²) in [5.74, 6) is -0.0589. The standard InChI is InChI=1S/C15H23N3O3/c19-14(10-15(20)4-8-21-9-5-15)17-12-2-1-3-13(12)18-7-6-16-11-18/h6-7,11-13,20H,1-5,8-10H2,(H,17,19)/t12-,13+/m1/s1. The van der Waals surface area contributed by atoms with Crippen molar-refractivity contribution in [2.24, 2.45) is 0 Å². The van der Waals surface area contributed by atoms with Gasteiger partial charge in [0.25, 0.3) is 0 Å². The topological polar surface area (TPSA) is 76.4 Å². The third-order valence-electron chi connectivity index (χ3n) is 4.65. The summed E-state index contributed by atoms with van der Waals surface area (Å²) in [5.41, 5.74) is -0.897. The van der Waals surface area contributed by atoms with Crippen molar-refractivity contribution in [2.45, 2.75) is 56.2 Å². The first-order valence-electron chi connectivity index (χ1n) is 7.73. The van der Waals surface area contributed by atoms with Gasteiger partial charge in [0.2, 0.25) is 5.91 Å². The van der Waals surface area contributed by atoms with E-state index in [-0.39, 0.29) is 24.4 Å². The lowest BCUT2D eigenvalue weighted by Gasteiger charge is -2.32. The van der Waals surface area contributed by atoms with Crippen LogP contribution in [0, 0.1) is 0 Å². The molecule has 1 aromatic heterocycles. The van der Waals surface area contributed by atoms with Crippen molar-refractivity contribution < 1.29 is 14.6 Å². The number of carbonyl (C=O) groups is 1. The molecule has 3 rings (SSSR count). The lowest BCUT2D eigenvalue weighted by molar-refractivity contribution is -0.131. The van der Waals surface area contributed by atoms with Gasteiger partial charge in [-0.25, -0.2) is 4.98 Å². The highest BCUT2D eigenvalue weighted by Gasteiger charge is 2.35. The van der Waals surface area contributed by atoms with Crippen LogP contribution in [0.4, 0.5) is 0 Å². The van der Waals surface area contributed by atoms with E-state index in [1.807, 2.05) is 6.20 Å². The van der Waals surface area contributed by atoms with E-state index < -0.39 is 5.60 Å². The van der Waals surface area contributed by atoms with Crippen molar-refractivity contribution in [3.63, 3.8) is 0 Å². The molecule has 6 nitrogen and oxygen atoms in total. The molecule has 2 N–H and O–H groups in total. The fourth-order valence-corrected chi connectivity index (χ4v) is 3.42. The summed E-state index contributed by atoms with van der Waals surface area (Å²) in [6.45, 7) is 1.07. The van der Waals surface area contributed by atoms with Gasteiger partial charge in [-0.1, -0.05) is 0 Å². The van der Waals surface area contributed by atoms with Gasteiger partial charge in [-0.2, -0.15) is 0 Å². The Morgan fingerprint density at radius 2 is 2.24 bits per heavy atom. The molecule has 1 amide bonds. The first-order valence-corrected chi connectivity index (χ1v) is 7.73. The van der Waals surface area contributed by atoms with Crippen LogP contribution < -0.4 is 5.32 Å². The maximum Gasteiger partial charge on any atom is 0.223 e. The molecule has 0 unspecified atom stereocenters. The third kappa shape index (κ3) is 3.44. The number of aromatic nitrogens is 2. The van der Waals surface area contributed by atoms with Crippen LogP contribution in [0.5, 0.6) is 0 Å². The minimum absolute atomic E-state index is 0.0589. The van der Waals surface area contributed by atoms with Gasteiger partial charge in [-0.05, 0) is 19.3 Å². The van der Waals surface area contributed by atoms with Crippen molar-refractivity contribution >= 4 is 5.91 Å². The van der Waals surface area contributed by atoms with Gasteiger partial charge in [-0.15, -0.1) is 0 Å². The first kappa shape index (κ1) is 14.5. The Balaban J connectivity index is 1.56. The monoisotopic (exact) mass is 293 g/mol. The van der Waals surface area contributed by atoms with E-state index in [0.29, 0.717) is 26.1 Å². The normalized spacial score (nSPS) is 28.4. The largest absolute Gasteiger partial charge is 0.389 e. The highest BCUT2D eigenvalue weighted by Crippen LogP contribution is 2.30. The number of rotatable bonds is 4. The van der Waals surface area contributed by atoms with E-state index in [1.54, 1.807) is 12.5 Å². The number of nitrogens with one attached hydrogen (secondary N) is 1. The molecule has 1 saturated heterocycles. The quantitative estimate of drug-likeness (QED) is 0.869. The summed E-state index contributed by atoms with van der Waals surface area (Å²) in [5, 5.41) is 13.5. The van der Waals surface area contributed by atoms with Crippen LogP contribution in [0.1, 0.15) is 44.6 Å². The molecule has 0 aromatic carbocycles. The van der Waals surface area contributed by atoms with Crippen molar-refractivity contribution in [3.05, 3.63) is 18.7 Å². The molecule has 0 radical (unpaired) electrons. The molecule has 2 heterocycles. The van der Waals surface area contributed by atoms with Gasteiger partial charge >= 0.3 is 0 Å². The van der Waals surface area contributed by atoms with E-state index in [4.69, 9.17) is 4.74 Å². The maximum absolute atomic E-state index is 12.3. The predicted octanol–water partition coefficient (Wildman–Crippen LogP) is 1.02. The highest BCUT2D eigenvalue weighted by atomic mass is 16.5. The Kier molecular flexibility index (Phi) is 4.26. The average molecular weight is 293 g/mol. The second-order valence-corrected chi connectivity index (χ2v) is 6.20. The van der Waals surface area contributed by atoms with Crippen LogP contribution in [-0.4, -0.2) is 45.4 Å². The lowest BCUT2D eigenvalue weighted by atomic mass is 9.90. The molecule has 116 valence electrons. The number of hydrogen-bond acceptors (Lipinski definition) is 4. The number of carbonyl (C=O) groups excluding carboxylic acids is 1. The van der Waals surface area contributed by atoms with E-state index in [1.165, 1.54) is 0 Å². The van der Waals surface area contributed by atoms with Crippen LogP contribution in [0.2, 0.25) is 0 Å². The van der Waals surface area contributed by atoms with E-state index in [2.05, 4.69) is 14.9 Å². The molecule has 2 aliphatic rings. The van der Waals surface area contributed by atoms with Gasteiger partial charge in [0.1, 0.15) is 0 Å². The minimum atomic E-state index is -0.897. The van der Waals surface area contributed by atoms with Crippen LogP contribution in [0.15, 0.2) is 18.7 Å². The Hall–Kier alpha value is -1.40. The highest BCUT2D eigenvalue weighted by molar-refractivity contribution is 5.77. The van der Waals surface area contributed by atoms with E-state index in [9.17, 15) is 9.90 Å². The van der Waals surface area contributed by atoms with Crippen molar-refractivity contribution in [1.29, 1.82) is 0 Å². The van der Waals surface area contributed by atoms with Crippen molar-refractivity contribution in [1.82, 2.24) is 14.9 Å². The Bertz CT molecular complexity index is 469. The molecule has 21 heavy (non-hydrogen) atoms. The zero-order valence-electron chi connectivity index (χ0n) is 12.2. The minimum Gasteiger partial charge on any atom is -0.389 e. The summed E-state index contributed by atoms with van der Waals surface area (Å²) in [6.07, 6.45) is 9.90. The van der Waals surface area contributed by atoms with E-state index in [0.717, 1.165) is 19.3 Å². The van der Waals surface area contributed by atoms with Crippen molar-refractivity contribution in [2.75, 3.05) is 13.2 Å². The number of nitrogens with zero attached hydrogens (tertiary/aromatic N) is 2. The first-order chi connectivity index (χ1) is 10.2. The maximum atomic E-state index is 12.3. The second-order valence-electron chi connectivity index (χ2n) is 6.20. The van der Waals surface area contributed by atoms with Gasteiger partial charge < -0.3 is 19.7 Å².